The molecule has 198 valence electrons. The third-order valence-electron chi connectivity index (χ3n) is 7.12. The molecule has 0 bridgehead atoms. The van der Waals surface area contributed by atoms with Crippen LogP contribution in [0.5, 0.6) is 11.5 Å². The van der Waals surface area contributed by atoms with Crippen LogP contribution < -0.4 is 4.74 Å². The smallest absolute Gasteiger partial charge is 0.126 e. The molecule has 2 heteroatoms. The lowest BCUT2D eigenvalue weighted by Gasteiger charge is -2.15. The van der Waals surface area contributed by atoms with E-state index in [-0.39, 0.29) is 0 Å². The van der Waals surface area contributed by atoms with Crippen LogP contribution in [0.15, 0.2) is 12.1 Å². The third-order valence-corrected chi connectivity index (χ3v) is 7.12. The van der Waals surface area contributed by atoms with Crippen molar-refractivity contribution in [1.29, 1.82) is 0 Å². The monoisotopic (exact) mass is 474 g/mol. The van der Waals surface area contributed by atoms with Crippen LogP contribution in [0.25, 0.3) is 0 Å². The predicted molar refractivity (Wildman–Crippen MR) is 150 cm³/mol. The number of benzene rings is 1. The van der Waals surface area contributed by atoms with Crippen molar-refractivity contribution in [2.24, 2.45) is 0 Å². The fraction of sp³-hybridized carbons (Fsp3) is 0.812. The van der Waals surface area contributed by atoms with Crippen LogP contribution in [-0.2, 0) is 12.8 Å². The summed E-state index contributed by atoms with van der Waals surface area (Å²) in [6, 6.07) is 4.15. The van der Waals surface area contributed by atoms with E-state index in [2.05, 4.69) is 26.8 Å². The maximum Gasteiger partial charge on any atom is 0.126 e. The molecule has 0 aliphatic carbocycles. The topological polar surface area (TPSA) is 29.5 Å². The highest BCUT2D eigenvalue weighted by Gasteiger charge is 2.11. The van der Waals surface area contributed by atoms with Crippen molar-refractivity contribution < 1.29 is 9.84 Å². The second-order valence-electron chi connectivity index (χ2n) is 10.4. The quantitative estimate of drug-likeness (QED) is 0.151. The number of phenolic OH excluding ortho intramolecular Hbond substituents is 1. The van der Waals surface area contributed by atoms with E-state index in [1.165, 1.54) is 121 Å². The lowest BCUT2D eigenvalue weighted by Crippen LogP contribution is -2.02. The molecule has 1 aromatic rings. The van der Waals surface area contributed by atoms with Crippen molar-refractivity contribution in [2.75, 3.05) is 6.61 Å². The van der Waals surface area contributed by atoms with Gasteiger partial charge in [-0.25, -0.2) is 0 Å². The van der Waals surface area contributed by atoms with Gasteiger partial charge in [0, 0.05) is 6.07 Å². The minimum absolute atomic E-state index is 0.429. The van der Waals surface area contributed by atoms with Gasteiger partial charge in [0.2, 0.25) is 0 Å². The normalized spacial score (nSPS) is 11.3. The average molecular weight is 475 g/mol. The lowest BCUT2D eigenvalue weighted by molar-refractivity contribution is 0.299. The molecule has 1 N–H and O–H groups in total. The largest absolute Gasteiger partial charge is 0.508 e. The number of unbranched alkanes of at least 4 members (excludes halogenated alkanes) is 17. The Kier molecular flexibility index (Phi) is 20.2. The van der Waals surface area contributed by atoms with Crippen molar-refractivity contribution in [3.63, 3.8) is 0 Å². The van der Waals surface area contributed by atoms with Crippen LogP contribution in [0.2, 0.25) is 0 Å². The van der Waals surface area contributed by atoms with Crippen LogP contribution in [0, 0.1) is 0 Å². The Morgan fingerprint density at radius 2 is 0.912 bits per heavy atom. The van der Waals surface area contributed by atoms with E-state index < -0.39 is 0 Å². The van der Waals surface area contributed by atoms with Gasteiger partial charge in [0.1, 0.15) is 11.5 Å². The van der Waals surface area contributed by atoms with E-state index >= 15 is 0 Å². The Morgan fingerprint density at radius 1 is 0.500 bits per heavy atom. The number of aromatic hydroxyl groups is 1. The van der Waals surface area contributed by atoms with Gasteiger partial charge >= 0.3 is 0 Å². The molecule has 34 heavy (non-hydrogen) atoms. The summed E-state index contributed by atoms with van der Waals surface area (Å²) in [6.07, 6.45) is 28.4. The Morgan fingerprint density at radius 3 is 1.41 bits per heavy atom. The summed E-state index contributed by atoms with van der Waals surface area (Å²) in [4.78, 5) is 0. The molecule has 0 amide bonds. The minimum Gasteiger partial charge on any atom is -0.508 e. The average Bonchev–Trinajstić information content (AvgIpc) is 2.84. The van der Waals surface area contributed by atoms with Gasteiger partial charge in [0.15, 0.2) is 0 Å². The second kappa shape index (κ2) is 22.3. The second-order valence-corrected chi connectivity index (χ2v) is 10.4. The van der Waals surface area contributed by atoms with Crippen LogP contribution in [0.3, 0.4) is 0 Å². The predicted octanol–water partition coefficient (Wildman–Crippen LogP) is 10.7. The van der Waals surface area contributed by atoms with Gasteiger partial charge in [0.25, 0.3) is 0 Å². The van der Waals surface area contributed by atoms with Crippen molar-refractivity contribution >= 4 is 0 Å². The standard InChI is InChI=1S/C32H58O2/c1-4-7-10-13-14-15-16-17-18-19-20-23-26-34-32-28-31(33)29(24-21-11-8-5-2)27-30(32)25-22-12-9-6-3/h27-28,33H,4-26H2,1-3H3. The minimum atomic E-state index is 0.429. The molecule has 0 saturated carbocycles. The van der Waals surface area contributed by atoms with Crippen molar-refractivity contribution in [2.45, 2.75) is 162 Å². The van der Waals surface area contributed by atoms with Gasteiger partial charge in [0.05, 0.1) is 6.61 Å². The summed E-state index contributed by atoms with van der Waals surface area (Å²) in [5, 5.41) is 10.6. The molecule has 0 atom stereocenters. The first-order valence-electron chi connectivity index (χ1n) is 15.2. The van der Waals surface area contributed by atoms with Gasteiger partial charge in [-0.3, -0.25) is 0 Å². The molecule has 0 saturated heterocycles. The summed E-state index contributed by atoms with van der Waals surface area (Å²) >= 11 is 0. The van der Waals surface area contributed by atoms with Gasteiger partial charge in [-0.1, -0.05) is 130 Å². The molecule has 1 rings (SSSR count). The third kappa shape index (κ3) is 15.7. The highest BCUT2D eigenvalue weighted by atomic mass is 16.5. The SMILES string of the molecule is CCCCCCCCCCCCCCOc1cc(O)c(CCCCCC)cc1CCCCCC. The summed E-state index contributed by atoms with van der Waals surface area (Å²) in [7, 11) is 0. The maximum atomic E-state index is 10.6. The van der Waals surface area contributed by atoms with Crippen LogP contribution in [-0.4, -0.2) is 11.7 Å². The number of ether oxygens (including phenoxy) is 1. The lowest BCUT2D eigenvalue weighted by atomic mass is 9.98. The number of phenols is 1. The molecule has 0 aliphatic rings. The van der Waals surface area contributed by atoms with Crippen molar-refractivity contribution in [3.05, 3.63) is 23.3 Å². The van der Waals surface area contributed by atoms with Gasteiger partial charge in [-0.15, -0.1) is 0 Å². The van der Waals surface area contributed by atoms with Crippen LogP contribution >= 0.6 is 0 Å². The summed E-state index contributed by atoms with van der Waals surface area (Å²) in [5.74, 6) is 1.35. The Balaban J connectivity index is 2.33. The van der Waals surface area contributed by atoms with E-state index in [0.29, 0.717) is 5.75 Å². The number of hydrogen-bond donors (Lipinski definition) is 1. The fourth-order valence-corrected chi connectivity index (χ4v) is 4.80. The van der Waals surface area contributed by atoms with E-state index in [1.54, 1.807) is 0 Å². The Hall–Kier alpha value is -1.18. The molecule has 0 heterocycles. The molecule has 0 spiro atoms. The molecular formula is C32H58O2. The summed E-state index contributed by atoms with van der Waals surface area (Å²) < 4.78 is 6.20. The first-order valence-corrected chi connectivity index (χ1v) is 15.2. The van der Waals surface area contributed by atoms with E-state index in [0.717, 1.165) is 43.6 Å². The zero-order valence-electron chi connectivity index (χ0n) is 23.3. The molecule has 0 radical (unpaired) electrons. The molecule has 1 aromatic carbocycles. The van der Waals surface area contributed by atoms with E-state index in [9.17, 15) is 5.11 Å². The molecule has 0 fully saturated rings. The van der Waals surface area contributed by atoms with Gasteiger partial charge < -0.3 is 9.84 Å². The first-order chi connectivity index (χ1) is 16.7. The Bertz CT molecular complexity index is 581. The summed E-state index contributed by atoms with van der Waals surface area (Å²) in [6.45, 7) is 7.57. The van der Waals surface area contributed by atoms with Crippen molar-refractivity contribution in [1.82, 2.24) is 0 Å². The Labute approximate surface area is 213 Å². The molecule has 0 aromatic heterocycles. The summed E-state index contributed by atoms with van der Waals surface area (Å²) in [5.41, 5.74) is 2.41. The van der Waals surface area contributed by atoms with Crippen molar-refractivity contribution in [3.8, 4) is 11.5 Å². The molecule has 0 unspecified atom stereocenters. The number of rotatable bonds is 24. The maximum absolute atomic E-state index is 10.6. The molecule has 2 nitrogen and oxygen atoms in total. The first kappa shape index (κ1) is 30.9. The van der Waals surface area contributed by atoms with Gasteiger partial charge in [-0.2, -0.15) is 0 Å². The fourth-order valence-electron chi connectivity index (χ4n) is 4.80. The van der Waals surface area contributed by atoms with E-state index in [4.69, 9.17) is 4.74 Å². The zero-order valence-corrected chi connectivity index (χ0v) is 23.3. The van der Waals surface area contributed by atoms with E-state index in [1.807, 2.05) is 6.07 Å². The van der Waals surface area contributed by atoms with Gasteiger partial charge in [-0.05, 0) is 49.3 Å². The highest BCUT2D eigenvalue weighted by Crippen LogP contribution is 2.31. The number of aryl methyl sites for hydroxylation is 2. The molecular weight excluding hydrogens is 416 g/mol. The zero-order chi connectivity index (χ0) is 24.7. The number of hydrogen-bond acceptors (Lipinski definition) is 2. The van der Waals surface area contributed by atoms with Crippen LogP contribution in [0.1, 0.15) is 160 Å². The molecule has 0 aliphatic heterocycles. The van der Waals surface area contributed by atoms with Crippen LogP contribution in [0.4, 0.5) is 0 Å². The highest BCUT2D eigenvalue weighted by molar-refractivity contribution is 5.46.